The predicted molar refractivity (Wildman–Crippen MR) is 121 cm³/mol. The van der Waals surface area contributed by atoms with Crippen LogP contribution in [0.3, 0.4) is 0 Å². The number of amides is 4. The Labute approximate surface area is 198 Å². The van der Waals surface area contributed by atoms with Crippen LogP contribution < -0.4 is 27.4 Å². The molecule has 0 aliphatic rings. The monoisotopic (exact) mass is 487 g/mol. The fourth-order valence-electron chi connectivity index (χ4n) is 2.93. The molecule has 0 aliphatic carbocycles. The molecule has 0 aromatic carbocycles. The number of carbonyl (C=O) groups excluding carboxylic acids is 4. The van der Waals surface area contributed by atoms with E-state index >= 15 is 0 Å². The molecule has 194 valence electrons. The quantitative estimate of drug-likeness (QED) is 0.137. The van der Waals surface area contributed by atoms with Crippen molar-refractivity contribution in [3.8, 4) is 0 Å². The molecule has 0 heterocycles. The van der Waals surface area contributed by atoms with E-state index in [1.807, 2.05) is 6.92 Å². The Hall–Kier alpha value is -3.22. The normalized spacial score (nSPS) is 16.1. The Morgan fingerprint density at radius 2 is 1.32 bits per heavy atom. The van der Waals surface area contributed by atoms with Crippen LogP contribution >= 0.6 is 0 Å². The van der Waals surface area contributed by atoms with E-state index in [1.165, 1.54) is 0 Å². The Kier molecular flexibility index (Phi) is 13.4. The van der Waals surface area contributed by atoms with Crippen molar-refractivity contribution >= 4 is 35.6 Å². The summed E-state index contributed by atoms with van der Waals surface area (Å²) in [6.45, 7) is 6.96. The first kappa shape index (κ1) is 30.8. The van der Waals surface area contributed by atoms with Crippen molar-refractivity contribution in [2.75, 3.05) is 0 Å². The van der Waals surface area contributed by atoms with Gasteiger partial charge in [0.25, 0.3) is 0 Å². The minimum absolute atomic E-state index is 0.199. The number of rotatable bonds is 16. The number of nitrogens with two attached hydrogens (primary N) is 2. The number of hydrogen-bond acceptors (Lipinski definition) is 7. The summed E-state index contributed by atoms with van der Waals surface area (Å²) < 4.78 is 0. The lowest BCUT2D eigenvalue weighted by Crippen LogP contribution is -2.59. The minimum Gasteiger partial charge on any atom is -0.481 e. The van der Waals surface area contributed by atoms with Crippen molar-refractivity contribution in [1.82, 2.24) is 16.0 Å². The average Bonchev–Trinajstić information content (AvgIpc) is 2.76. The third-order valence-electron chi connectivity index (χ3n) is 5.65. The predicted octanol–water partition coefficient (Wildman–Crippen LogP) is -1.31. The van der Waals surface area contributed by atoms with Crippen LogP contribution in [-0.2, 0) is 28.8 Å². The van der Waals surface area contributed by atoms with Crippen LogP contribution in [0, 0.1) is 11.8 Å². The van der Waals surface area contributed by atoms with Crippen molar-refractivity contribution in [2.24, 2.45) is 23.3 Å². The van der Waals surface area contributed by atoms with Crippen molar-refractivity contribution < 1.29 is 39.0 Å². The van der Waals surface area contributed by atoms with Crippen molar-refractivity contribution in [3.05, 3.63) is 0 Å². The molecule has 4 amide bonds. The summed E-state index contributed by atoms with van der Waals surface area (Å²) in [7, 11) is 0. The van der Waals surface area contributed by atoms with Crippen LogP contribution in [-0.4, -0.2) is 69.9 Å². The van der Waals surface area contributed by atoms with Gasteiger partial charge in [-0.1, -0.05) is 40.5 Å². The zero-order valence-corrected chi connectivity index (χ0v) is 20.0. The van der Waals surface area contributed by atoms with Crippen LogP contribution in [0.2, 0.25) is 0 Å². The van der Waals surface area contributed by atoms with Crippen molar-refractivity contribution in [3.63, 3.8) is 0 Å². The molecule has 0 aliphatic heterocycles. The molecule has 0 saturated heterocycles. The van der Waals surface area contributed by atoms with Gasteiger partial charge in [-0.3, -0.25) is 24.0 Å². The first-order chi connectivity index (χ1) is 15.7. The highest BCUT2D eigenvalue weighted by atomic mass is 16.4. The largest absolute Gasteiger partial charge is 0.481 e. The van der Waals surface area contributed by atoms with Crippen LogP contribution in [0.4, 0.5) is 0 Å². The lowest BCUT2D eigenvalue weighted by Gasteiger charge is -2.28. The van der Waals surface area contributed by atoms with Gasteiger partial charge >= 0.3 is 11.9 Å². The summed E-state index contributed by atoms with van der Waals surface area (Å²) in [4.78, 5) is 71.8. The molecule has 0 aromatic rings. The Balaban J connectivity index is 5.61. The van der Waals surface area contributed by atoms with Crippen LogP contribution in [0.15, 0.2) is 0 Å². The van der Waals surface area contributed by atoms with Gasteiger partial charge in [0.05, 0.1) is 12.5 Å². The Bertz CT molecular complexity index is 759. The molecule has 0 saturated carbocycles. The smallest absolute Gasteiger partial charge is 0.326 e. The summed E-state index contributed by atoms with van der Waals surface area (Å²) in [6, 6.07) is -5.05. The molecule has 0 fully saturated rings. The third-order valence-corrected chi connectivity index (χ3v) is 5.65. The Morgan fingerprint density at radius 3 is 1.76 bits per heavy atom. The summed E-state index contributed by atoms with van der Waals surface area (Å²) >= 11 is 0. The number of carboxylic acids is 2. The molecule has 0 bridgehead atoms. The summed E-state index contributed by atoms with van der Waals surface area (Å²) in [5.74, 6) is -6.58. The molecule has 13 heteroatoms. The van der Waals surface area contributed by atoms with Gasteiger partial charge in [-0.2, -0.15) is 0 Å². The number of hydrogen-bond donors (Lipinski definition) is 7. The highest BCUT2D eigenvalue weighted by Crippen LogP contribution is 2.11. The fourth-order valence-corrected chi connectivity index (χ4v) is 2.93. The number of primary amides is 1. The van der Waals surface area contributed by atoms with E-state index in [-0.39, 0.29) is 12.3 Å². The SMILES string of the molecule is CCC(C)C(N)C(=O)NC(CC(N)=O)C(=O)NC(C(=O)NC(CCC(=O)O)C(=O)O)C(C)CC. The third kappa shape index (κ3) is 10.6. The van der Waals surface area contributed by atoms with Gasteiger partial charge in [-0.25, -0.2) is 4.79 Å². The summed E-state index contributed by atoms with van der Waals surface area (Å²) in [5, 5.41) is 25.1. The standard InChI is InChI=1S/C21H37N5O8/c1-5-10(3)16(23)19(31)25-13(9-14(22)27)18(30)26-17(11(4)6-2)20(32)24-12(21(33)34)7-8-15(28)29/h10-13,16-17H,5-9,23H2,1-4H3,(H2,22,27)(H,24,32)(H,25,31)(H,26,30)(H,28,29)(H,33,34). The van der Waals surface area contributed by atoms with Crippen molar-refractivity contribution in [2.45, 2.75) is 84.0 Å². The average molecular weight is 488 g/mol. The zero-order valence-electron chi connectivity index (χ0n) is 20.0. The van der Waals surface area contributed by atoms with Gasteiger partial charge in [0.1, 0.15) is 18.1 Å². The molecule has 34 heavy (non-hydrogen) atoms. The molecule has 0 rings (SSSR count). The van der Waals surface area contributed by atoms with E-state index in [2.05, 4.69) is 16.0 Å². The zero-order chi connectivity index (χ0) is 26.6. The van der Waals surface area contributed by atoms with E-state index < -0.39 is 78.5 Å². The minimum atomic E-state index is -1.48. The molecule has 13 nitrogen and oxygen atoms in total. The van der Waals surface area contributed by atoms with Crippen LogP contribution in [0.25, 0.3) is 0 Å². The molecule has 9 N–H and O–H groups in total. The van der Waals surface area contributed by atoms with Gasteiger partial charge in [0, 0.05) is 6.42 Å². The number of carbonyl (C=O) groups is 6. The number of aliphatic carboxylic acids is 2. The number of carboxylic acid groups (broad SMARTS) is 2. The van der Waals surface area contributed by atoms with Gasteiger partial charge in [0.15, 0.2) is 0 Å². The molecular formula is C21H37N5O8. The van der Waals surface area contributed by atoms with Gasteiger partial charge < -0.3 is 37.6 Å². The van der Waals surface area contributed by atoms with E-state index in [9.17, 15) is 33.9 Å². The van der Waals surface area contributed by atoms with E-state index in [1.54, 1.807) is 20.8 Å². The van der Waals surface area contributed by atoms with E-state index in [0.29, 0.717) is 12.8 Å². The second kappa shape index (κ2) is 14.8. The molecule has 6 atom stereocenters. The second-order valence-corrected chi connectivity index (χ2v) is 8.35. The van der Waals surface area contributed by atoms with Gasteiger partial charge in [0.2, 0.25) is 23.6 Å². The molecular weight excluding hydrogens is 450 g/mol. The second-order valence-electron chi connectivity index (χ2n) is 8.35. The first-order valence-corrected chi connectivity index (χ1v) is 11.1. The molecule has 0 spiro atoms. The Morgan fingerprint density at radius 1 is 0.794 bits per heavy atom. The first-order valence-electron chi connectivity index (χ1n) is 11.1. The lowest BCUT2D eigenvalue weighted by molar-refractivity contribution is -0.144. The molecule has 6 unspecified atom stereocenters. The number of nitrogens with one attached hydrogen (secondary N) is 3. The highest BCUT2D eigenvalue weighted by molar-refractivity contribution is 5.96. The highest BCUT2D eigenvalue weighted by Gasteiger charge is 2.33. The van der Waals surface area contributed by atoms with Crippen molar-refractivity contribution in [1.29, 1.82) is 0 Å². The fraction of sp³-hybridized carbons (Fsp3) is 0.714. The van der Waals surface area contributed by atoms with E-state index in [0.717, 1.165) is 0 Å². The van der Waals surface area contributed by atoms with Crippen LogP contribution in [0.1, 0.15) is 59.8 Å². The maximum atomic E-state index is 12.9. The van der Waals surface area contributed by atoms with Gasteiger partial charge in [-0.05, 0) is 18.3 Å². The maximum Gasteiger partial charge on any atom is 0.326 e. The lowest BCUT2D eigenvalue weighted by atomic mass is 9.96. The van der Waals surface area contributed by atoms with E-state index in [4.69, 9.17) is 16.6 Å². The topological polar surface area (TPSA) is 231 Å². The maximum absolute atomic E-state index is 12.9. The summed E-state index contributed by atoms with van der Waals surface area (Å²) in [6.07, 6.45) is -0.372. The van der Waals surface area contributed by atoms with Crippen LogP contribution in [0.5, 0.6) is 0 Å². The molecule has 0 aromatic heterocycles. The summed E-state index contributed by atoms with van der Waals surface area (Å²) in [5.41, 5.74) is 11.1. The molecule has 0 radical (unpaired) electrons. The van der Waals surface area contributed by atoms with Gasteiger partial charge in [-0.15, -0.1) is 0 Å².